The topological polar surface area (TPSA) is 91.0 Å². The maximum Gasteiger partial charge on any atom is 0.230 e. The molecule has 1 fully saturated rings. The number of rotatable bonds is 4. The minimum absolute atomic E-state index is 0.104. The normalized spacial score (nSPS) is 18.5. The smallest absolute Gasteiger partial charge is 0.230 e. The molecule has 4 rings (SSSR count). The van der Waals surface area contributed by atoms with Gasteiger partial charge in [-0.25, -0.2) is 13.4 Å². The fourth-order valence-corrected chi connectivity index (χ4v) is 5.95. The molecule has 0 amide bonds. The van der Waals surface area contributed by atoms with E-state index in [1.165, 1.54) is 26.4 Å². The van der Waals surface area contributed by atoms with Crippen molar-refractivity contribution < 1.29 is 13.5 Å². The first kappa shape index (κ1) is 17.9. The highest BCUT2D eigenvalue weighted by atomic mass is 32.2. The van der Waals surface area contributed by atoms with E-state index in [0.717, 1.165) is 10.4 Å². The molecule has 8 nitrogen and oxygen atoms in total. The van der Waals surface area contributed by atoms with Crippen molar-refractivity contribution in [3.8, 4) is 5.88 Å². The van der Waals surface area contributed by atoms with Crippen LogP contribution in [0.2, 0.25) is 0 Å². The Morgan fingerprint density at radius 2 is 2.00 bits per heavy atom. The molecule has 1 N–H and O–H groups in total. The third-order valence-corrected chi connectivity index (χ3v) is 7.60. The number of aryl methyl sites for hydroxylation is 1. The van der Waals surface area contributed by atoms with Gasteiger partial charge in [0.15, 0.2) is 0 Å². The number of sulfonamides is 1. The van der Waals surface area contributed by atoms with Gasteiger partial charge in [0.1, 0.15) is 5.82 Å². The number of aromatic hydroxyl groups is 1. The fourth-order valence-electron chi connectivity index (χ4n) is 3.28. The zero-order valence-corrected chi connectivity index (χ0v) is 16.8. The van der Waals surface area contributed by atoms with Gasteiger partial charge in [0.25, 0.3) is 0 Å². The van der Waals surface area contributed by atoms with E-state index in [1.54, 1.807) is 18.3 Å². The highest BCUT2D eigenvalue weighted by molar-refractivity contribution is 7.88. The second-order valence-corrected chi connectivity index (χ2v) is 10.1. The van der Waals surface area contributed by atoms with Crippen LogP contribution in [0.4, 0.5) is 0 Å². The van der Waals surface area contributed by atoms with Crippen molar-refractivity contribution in [1.82, 2.24) is 23.8 Å². The fraction of sp³-hybridized carbons (Fsp3) is 0.467. The average molecular weight is 414 g/mol. The van der Waals surface area contributed by atoms with Crippen LogP contribution in [0.1, 0.15) is 22.3 Å². The second kappa shape index (κ2) is 6.57. The summed E-state index contributed by atoms with van der Waals surface area (Å²) in [5.74, 6) is 0.722. The Hall–Kier alpha value is -1.53. The highest BCUT2D eigenvalue weighted by Gasteiger charge is 2.33. The van der Waals surface area contributed by atoms with Gasteiger partial charge in [-0.05, 0) is 29.3 Å². The summed E-state index contributed by atoms with van der Waals surface area (Å²) in [5.41, 5.74) is 1.08. The second-order valence-electron chi connectivity index (χ2n) is 6.30. The van der Waals surface area contributed by atoms with Crippen LogP contribution >= 0.6 is 22.7 Å². The Balaban J connectivity index is 1.70. The Bertz CT molecular complexity index is 1020. The molecule has 26 heavy (non-hydrogen) atoms. The zero-order valence-electron chi connectivity index (χ0n) is 14.4. The standard InChI is InChI=1S/C15H19N5O3S3/c1-10-16-15-20(17-10)14(21)13(25-15)12(11-3-8-24-9-11)18-4-6-19(7-5-18)26(2,22)23/h3,8-9,12,21H,4-7H2,1-2H3. The molecule has 0 bridgehead atoms. The molecule has 0 radical (unpaired) electrons. The van der Waals surface area contributed by atoms with Crippen molar-refractivity contribution in [1.29, 1.82) is 0 Å². The summed E-state index contributed by atoms with van der Waals surface area (Å²) in [5, 5.41) is 19.0. The average Bonchev–Trinajstić information content (AvgIpc) is 3.28. The summed E-state index contributed by atoms with van der Waals surface area (Å²) in [6.45, 7) is 3.87. The van der Waals surface area contributed by atoms with E-state index >= 15 is 0 Å². The van der Waals surface area contributed by atoms with Crippen molar-refractivity contribution in [2.45, 2.75) is 13.0 Å². The Labute approximate surface area is 159 Å². The molecule has 3 aromatic rings. The van der Waals surface area contributed by atoms with Gasteiger partial charge in [0.2, 0.25) is 20.9 Å². The lowest BCUT2D eigenvalue weighted by molar-refractivity contribution is 0.156. The number of hydrogen-bond donors (Lipinski definition) is 1. The largest absolute Gasteiger partial charge is 0.492 e. The number of piperazine rings is 1. The molecule has 0 aliphatic carbocycles. The van der Waals surface area contributed by atoms with Crippen LogP contribution < -0.4 is 0 Å². The van der Waals surface area contributed by atoms with Gasteiger partial charge >= 0.3 is 0 Å². The third-order valence-electron chi connectivity index (χ3n) is 4.52. The van der Waals surface area contributed by atoms with Crippen LogP contribution in [-0.2, 0) is 10.0 Å². The van der Waals surface area contributed by atoms with Crippen molar-refractivity contribution in [3.05, 3.63) is 33.1 Å². The lowest BCUT2D eigenvalue weighted by Crippen LogP contribution is -2.49. The van der Waals surface area contributed by atoms with Crippen LogP contribution in [0.3, 0.4) is 0 Å². The Morgan fingerprint density at radius 3 is 2.58 bits per heavy atom. The summed E-state index contributed by atoms with van der Waals surface area (Å²) >= 11 is 3.02. The Morgan fingerprint density at radius 1 is 1.27 bits per heavy atom. The number of fused-ring (bicyclic) bond motifs is 1. The molecule has 0 spiro atoms. The summed E-state index contributed by atoms with van der Waals surface area (Å²) in [7, 11) is -3.18. The van der Waals surface area contributed by atoms with E-state index in [0.29, 0.717) is 37.0 Å². The molecule has 4 heterocycles. The highest BCUT2D eigenvalue weighted by Crippen LogP contribution is 2.40. The van der Waals surface area contributed by atoms with Gasteiger partial charge in [-0.1, -0.05) is 11.3 Å². The molecule has 1 aliphatic rings. The summed E-state index contributed by atoms with van der Waals surface area (Å²) in [6, 6.07) is 1.90. The quantitative estimate of drug-likeness (QED) is 0.698. The number of thiazole rings is 1. The van der Waals surface area contributed by atoms with Crippen LogP contribution in [0.5, 0.6) is 5.88 Å². The maximum absolute atomic E-state index is 11.8. The minimum atomic E-state index is -3.18. The third kappa shape index (κ3) is 3.14. The number of hydrogen-bond acceptors (Lipinski definition) is 8. The predicted octanol–water partition coefficient (Wildman–Crippen LogP) is 1.53. The van der Waals surface area contributed by atoms with E-state index in [9.17, 15) is 13.5 Å². The summed E-state index contributed by atoms with van der Waals surface area (Å²) < 4.78 is 26.5. The van der Waals surface area contributed by atoms with E-state index in [2.05, 4.69) is 20.4 Å². The first-order valence-corrected chi connectivity index (χ1v) is 11.7. The molecular formula is C15H19N5O3S3. The first-order chi connectivity index (χ1) is 12.3. The number of aromatic nitrogens is 3. The van der Waals surface area contributed by atoms with Gasteiger partial charge in [-0.2, -0.15) is 20.2 Å². The first-order valence-electron chi connectivity index (χ1n) is 8.11. The minimum Gasteiger partial charge on any atom is -0.492 e. The lowest BCUT2D eigenvalue weighted by atomic mass is 10.1. The summed E-state index contributed by atoms with van der Waals surface area (Å²) in [6.07, 6.45) is 1.24. The van der Waals surface area contributed by atoms with Crippen molar-refractivity contribution in [2.24, 2.45) is 0 Å². The van der Waals surface area contributed by atoms with Crippen LogP contribution in [0.25, 0.3) is 4.96 Å². The molecule has 1 saturated heterocycles. The maximum atomic E-state index is 11.8. The molecule has 3 aromatic heterocycles. The SMILES string of the molecule is Cc1nc2sc(C(c3ccsc3)N3CCN(S(C)(=O)=O)CC3)c(O)n2n1. The van der Waals surface area contributed by atoms with Gasteiger partial charge in [-0.15, -0.1) is 5.10 Å². The van der Waals surface area contributed by atoms with Crippen molar-refractivity contribution in [3.63, 3.8) is 0 Å². The molecule has 0 aromatic carbocycles. The monoisotopic (exact) mass is 413 g/mol. The molecule has 0 saturated carbocycles. The van der Waals surface area contributed by atoms with E-state index in [1.807, 2.05) is 11.4 Å². The van der Waals surface area contributed by atoms with E-state index in [4.69, 9.17) is 0 Å². The predicted molar refractivity (Wildman–Crippen MR) is 101 cm³/mol. The number of thiophene rings is 1. The number of nitrogens with zero attached hydrogens (tertiary/aromatic N) is 5. The van der Waals surface area contributed by atoms with E-state index < -0.39 is 10.0 Å². The molecule has 140 valence electrons. The van der Waals surface area contributed by atoms with Gasteiger partial charge < -0.3 is 5.11 Å². The molecular weight excluding hydrogens is 394 g/mol. The van der Waals surface area contributed by atoms with Gasteiger partial charge in [0, 0.05) is 26.2 Å². The Kier molecular flexibility index (Phi) is 4.51. The molecule has 1 aliphatic heterocycles. The van der Waals surface area contributed by atoms with Crippen molar-refractivity contribution in [2.75, 3.05) is 32.4 Å². The van der Waals surface area contributed by atoms with Gasteiger partial charge in [-0.3, -0.25) is 4.90 Å². The molecule has 1 atom stereocenters. The van der Waals surface area contributed by atoms with Crippen LogP contribution in [0.15, 0.2) is 16.8 Å². The van der Waals surface area contributed by atoms with E-state index in [-0.39, 0.29) is 11.9 Å². The summed E-state index contributed by atoms with van der Waals surface area (Å²) in [4.78, 5) is 8.01. The molecule has 11 heteroatoms. The lowest BCUT2D eigenvalue weighted by Gasteiger charge is -2.37. The molecule has 1 unspecified atom stereocenters. The van der Waals surface area contributed by atoms with Gasteiger partial charge in [0.05, 0.1) is 17.2 Å². The van der Waals surface area contributed by atoms with Crippen LogP contribution in [0, 0.1) is 6.92 Å². The van der Waals surface area contributed by atoms with Crippen LogP contribution in [-0.4, -0.2) is 69.8 Å². The van der Waals surface area contributed by atoms with Crippen molar-refractivity contribution >= 4 is 37.7 Å². The zero-order chi connectivity index (χ0) is 18.5.